The fraction of sp³-hybridized carbons (Fsp3) is 0.324. The number of methoxy groups -OCH3 is 1. The number of esters is 1. The van der Waals surface area contributed by atoms with E-state index in [1.165, 1.54) is 11.3 Å². The lowest BCUT2D eigenvalue weighted by molar-refractivity contribution is -0.139. The van der Waals surface area contributed by atoms with Crippen LogP contribution in [0.5, 0.6) is 5.75 Å². The Morgan fingerprint density at radius 3 is 2.48 bits per heavy atom. The van der Waals surface area contributed by atoms with Gasteiger partial charge in [-0.2, -0.15) is 0 Å². The Hall–Kier alpha value is -3.89. The summed E-state index contributed by atoms with van der Waals surface area (Å²) in [6, 6.07) is 15.3. The molecule has 44 heavy (non-hydrogen) atoms. The lowest BCUT2D eigenvalue weighted by atomic mass is 9.93. The van der Waals surface area contributed by atoms with Crippen LogP contribution in [0.3, 0.4) is 0 Å². The first-order chi connectivity index (χ1) is 21.1. The SMILES string of the molecule is CCCC1=C(C(=O)OCC)[C@H](c2cc(Br)ccc2OC)n2c(s/c(=C\c3cc(C)n(-c4ccc(N(C)C)cc4)c3C)c2=O)=N1. The quantitative estimate of drug-likeness (QED) is 0.209. The van der Waals surface area contributed by atoms with Gasteiger partial charge in [-0.3, -0.25) is 9.36 Å². The van der Waals surface area contributed by atoms with Gasteiger partial charge >= 0.3 is 5.97 Å². The molecule has 2 aromatic carbocycles. The first kappa shape index (κ1) is 31.5. The fourth-order valence-electron chi connectivity index (χ4n) is 5.71. The first-order valence-electron chi connectivity index (χ1n) is 14.6. The highest BCUT2D eigenvalue weighted by atomic mass is 79.9. The van der Waals surface area contributed by atoms with Crippen LogP contribution in [0.15, 0.2) is 74.1 Å². The van der Waals surface area contributed by atoms with Gasteiger partial charge < -0.3 is 18.9 Å². The van der Waals surface area contributed by atoms with Crippen LogP contribution in [0, 0.1) is 13.8 Å². The monoisotopic (exact) mass is 676 g/mol. The Kier molecular flexibility index (Phi) is 9.31. The number of halogens is 1. The molecular formula is C34H37BrN4O4S. The molecule has 0 saturated carbocycles. The minimum atomic E-state index is -0.760. The van der Waals surface area contributed by atoms with Gasteiger partial charge in [0.05, 0.1) is 29.5 Å². The Morgan fingerprint density at radius 1 is 1.11 bits per heavy atom. The topological polar surface area (TPSA) is 78.1 Å². The predicted molar refractivity (Wildman–Crippen MR) is 180 cm³/mol. The van der Waals surface area contributed by atoms with Gasteiger partial charge in [-0.15, -0.1) is 0 Å². The number of hydrogen-bond donors (Lipinski definition) is 0. The summed E-state index contributed by atoms with van der Waals surface area (Å²) in [7, 11) is 5.63. The number of hydrogen-bond acceptors (Lipinski definition) is 7. The lowest BCUT2D eigenvalue weighted by Gasteiger charge is -2.27. The van der Waals surface area contributed by atoms with Gasteiger partial charge in [0.15, 0.2) is 4.80 Å². The maximum atomic E-state index is 14.3. The molecule has 0 bridgehead atoms. The van der Waals surface area contributed by atoms with Crippen LogP contribution in [-0.2, 0) is 9.53 Å². The van der Waals surface area contributed by atoms with Crippen molar-refractivity contribution in [3.8, 4) is 11.4 Å². The minimum Gasteiger partial charge on any atom is -0.496 e. The largest absolute Gasteiger partial charge is 0.496 e. The summed E-state index contributed by atoms with van der Waals surface area (Å²) in [6.45, 7) is 8.15. The van der Waals surface area contributed by atoms with Gasteiger partial charge in [0, 0.05) is 46.9 Å². The molecule has 0 aliphatic carbocycles. The Morgan fingerprint density at radius 2 is 1.84 bits per heavy atom. The van der Waals surface area contributed by atoms with Gasteiger partial charge in [0.25, 0.3) is 5.56 Å². The zero-order valence-corrected chi connectivity index (χ0v) is 28.5. The molecule has 230 valence electrons. The lowest BCUT2D eigenvalue weighted by Crippen LogP contribution is -2.40. The summed E-state index contributed by atoms with van der Waals surface area (Å²) in [5.41, 5.74) is 6.66. The van der Waals surface area contributed by atoms with E-state index in [9.17, 15) is 9.59 Å². The second kappa shape index (κ2) is 13.0. The Balaban J connectivity index is 1.72. The van der Waals surface area contributed by atoms with Crippen LogP contribution < -0.4 is 24.5 Å². The van der Waals surface area contributed by atoms with Crippen LogP contribution in [0.25, 0.3) is 11.8 Å². The van der Waals surface area contributed by atoms with E-state index in [1.807, 2.05) is 45.3 Å². The standard InChI is InChI=1S/C34H37BrN4O4S/c1-8-10-27-30(33(41)43-9-2)31(26-19-23(35)11-16-28(26)42-7)39-32(40)29(44-34(39)36-27)18-22-17-20(3)38(21(22)4)25-14-12-24(13-15-25)37(5)6/h11-19,31H,8-10H2,1-7H3/b29-18-/t31-/m0/s1. The molecule has 0 spiro atoms. The maximum Gasteiger partial charge on any atom is 0.338 e. The number of allylic oxidation sites excluding steroid dienone is 1. The number of ether oxygens (including phenoxy) is 2. The van der Waals surface area contributed by atoms with Crippen molar-refractivity contribution in [3.05, 3.63) is 106 Å². The number of carbonyl (C=O) groups excluding carboxylic acids is 1. The molecule has 8 nitrogen and oxygen atoms in total. The molecule has 0 unspecified atom stereocenters. The summed E-state index contributed by atoms with van der Waals surface area (Å²) in [5.74, 6) is 0.0843. The third-order valence-corrected chi connectivity index (χ3v) is 9.24. The highest BCUT2D eigenvalue weighted by molar-refractivity contribution is 9.10. The molecule has 2 aromatic heterocycles. The third-order valence-electron chi connectivity index (χ3n) is 7.76. The number of aryl methyl sites for hydroxylation is 1. The van der Waals surface area contributed by atoms with E-state index >= 15 is 0 Å². The van der Waals surface area contributed by atoms with Crippen molar-refractivity contribution in [2.24, 2.45) is 4.99 Å². The van der Waals surface area contributed by atoms with E-state index in [1.54, 1.807) is 18.6 Å². The molecule has 1 aliphatic rings. The smallest absolute Gasteiger partial charge is 0.338 e. The molecule has 4 aromatic rings. The summed E-state index contributed by atoms with van der Waals surface area (Å²) in [4.78, 5) is 35.3. The number of benzene rings is 2. The molecule has 3 heterocycles. The normalized spacial score (nSPS) is 14.8. The van der Waals surface area contributed by atoms with Crippen molar-refractivity contribution in [3.63, 3.8) is 0 Å². The van der Waals surface area contributed by atoms with Crippen molar-refractivity contribution < 1.29 is 14.3 Å². The highest BCUT2D eigenvalue weighted by Crippen LogP contribution is 2.38. The van der Waals surface area contributed by atoms with Crippen molar-refractivity contribution in [1.82, 2.24) is 9.13 Å². The summed E-state index contributed by atoms with van der Waals surface area (Å²) in [6.07, 6.45) is 3.28. The van der Waals surface area contributed by atoms with Crippen molar-refractivity contribution in [1.29, 1.82) is 0 Å². The van der Waals surface area contributed by atoms with Gasteiger partial charge in [-0.25, -0.2) is 9.79 Å². The second-order valence-electron chi connectivity index (χ2n) is 10.9. The molecule has 10 heteroatoms. The molecule has 5 rings (SSSR count). The average Bonchev–Trinajstić information content (AvgIpc) is 3.46. The Labute approximate surface area is 269 Å². The van der Waals surface area contributed by atoms with Crippen molar-refractivity contribution in [2.75, 3.05) is 32.7 Å². The predicted octanol–water partition coefficient (Wildman–Crippen LogP) is 5.82. The van der Waals surface area contributed by atoms with Gasteiger partial charge in [-0.1, -0.05) is 40.6 Å². The minimum absolute atomic E-state index is 0.210. The zero-order chi connectivity index (χ0) is 31.7. The van der Waals surface area contributed by atoms with Gasteiger partial charge in [0.2, 0.25) is 0 Å². The second-order valence-corrected chi connectivity index (χ2v) is 12.8. The number of fused-ring (bicyclic) bond motifs is 1. The van der Waals surface area contributed by atoms with E-state index in [4.69, 9.17) is 14.5 Å². The molecule has 0 amide bonds. The number of anilines is 1. The summed E-state index contributed by atoms with van der Waals surface area (Å²) >= 11 is 4.90. The molecule has 0 fully saturated rings. The molecule has 0 radical (unpaired) electrons. The zero-order valence-electron chi connectivity index (χ0n) is 26.1. The van der Waals surface area contributed by atoms with E-state index in [2.05, 4.69) is 69.6 Å². The maximum absolute atomic E-state index is 14.3. The van der Waals surface area contributed by atoms with Crippen LogP contribution in [0.4, 0.5) is 5.69 Å². The van der Waals surface area contributed by atoms with Gasteiger partial charge in [0.1, 0.15) is 11.8 Å². The molecular weight excluding hydrogens is 640 g/mol. The number of carbonyl (C=O) groups is 1. The molecule has 1 atom stereocenters. The van der Waals surface area contributed by atoms with Crippen LogP contribution in [-0.4, -0.2) is 42.9 Å². The number of thiazole rings is 1. The van der Waals surface area contributed by atoms with E-state index < -0.39 is 12.0 Å². The van der Waals surface area contributed by atoms with Crippen LogP contribution >= 0.6 is 27.3 Å². The Bertz CT molecular complexity index is 1930. The molecule has 0 saturated heterocycles. The number of nitrogens with zero attached hydrogens (tertiary/aromatic N) is 4. The summed E-state index contributed by atoms with van der Waals surface area (Å²) < 4.78 is 16.4. The fourth-order valence-corrected chi connectivity index (χ4v) is 7.10. The van der Waals surface area contributed by atoms with E-state index in [0.29, 0.717) is 38.3 Å². The third kappa shape index (κ3) is 5.80. The van der Waals surface area contributed by atoms with Crippen LogP contribution in [0.1, 0.15) is 55.2 Å². The number of rotatable bonds is 9. The molecule has 1 aliphatic heterocycles. The average molecular weight is 678 g/mol. The van der Waals surface area contributed by atoms with Crippen LogP contribution in [0.2, 0.25) is 0 Å². The van der Waals surface area contributed by atoms with Gasteiger partial charge in [-0.05, 0) is 87.4 Å². The van der Waals surface area contributed by atoms with E-state index in [0.717, 1.165) is 39.2 Å². The van der Waals surface area contributed by atoms with E-state index in [-0.39, 0.29) is 12.2 Å². The van der Waals surface area contributed by atoms with Crippen molar-refractivity contribution >= 4 is 45.0 Å². The van der Waals surface area contributed by atoms with Crippen molar-refractivity contribution in [2.45, 2.75) is 46.6 Å². The summed E-state index contributed by atoms with van der Waals surface area (Å²) in [5, 5.41) is 0. The number of aromatic nitrogens is 2. The highest BCUT2D eigenvalue weighted by Gasteiger charge is 2.36. The molecule has 0 N–H and O–H groups in total. The first-order valence-corrected chi connectivity index (χ1v) is 16.2.